The third-order valence-corrected chi connectivity index (χ3v) is 5.78. The van der Waals surface area contributed by atoms with Gasteiger partial charge in [0.05, 0.1) is 0 Å². The SMILES string of the molecule is CC1CCC(C(C)C)C(Oc2ccc(NC(=O)NC(=O)c3c(F)cccc3F)cc2)C1. The maximum Gasteiger partial charge on any atom is 0.326 e. The molecule has 2 aromatic rings. The van der Waals surface area contributed by atoms with Gasteiger partial charge in [0, 0.05) is 5.69 Å². The summed E-state index contributed by atoms with van der Waals surface area (Å²) in [7, 11) is 0. The molecular formula is C24H28F2N2O3. The molecule has 3 amide bonds. The largest absolute Gasteiger partial charge is 0.490 e. The first-order valence-corrected chi connectivity index (χ1v) is 10.6. The highest BCUT2D eigenvalue weighted by Gasteiger charge is 2.32. The molecule has 0 aliphatic heterocycles. The Bertz CT molecular complexity index is 911. The fourth-order valence-electron chi connectivity index (χ4n) is 4.08. The van der Waals surface area contributed by atoms with Gasteiger partial charge in [-0.2, -0.15) is 0 Å². The number of rotatable bonds is 5. The highest BCUT2D eigenvalue weighted by molar-refractivity contribution is 6.08. The lowest BCUT2D eigenvalue weighted by molar-refractivity contribution is 0.0460. The van der Waals surface area contributed by atoms with Gasteiger partial charge in [-0.15, -0.1) is 0 Å². The summed E-state index contributed by atoms with van der Waals surface area (Å²) < 4.78 is 33.6. The highest BCUT2D eigenvalue weighted by Crippen LogP contribution is 2.36. The summed E-state index contributed by atoms with van der Waals surface area (Å²) in [6.07, 6.45) is 3.54. The predicted octanol–water partition coefficient (Wildman–Crippen LogP) is 5.77. The molecule has 0 aromatic heterocycles. The number of benzene rings is 2. The summed E-state index contributed by atoms with van der Waals surface area (Å²) in [5.74, 6) is -0.850. The Morgan fingerprint density at radius 3 is 2.29 bits per heavy atom. The lowest BCUT2D eigenvalue weighted by Gasteiger charge is -2.37. The van der Waals surface area contributed by atoms with Crippen molar-refractivity contribution in [2.75, 3.05) is 5.32 Å². The fourth-order valence-corrected chi connectivity index (χ4v) is 4.08. The van der Waals surface area contributed by atoms with Crippen LogP contribution in [-0.2, 0) is 0 Å². The Hall–Kier alpha value is -2.96. The Labute approximate surface area is 181 Å². The number of nitrogens with one attached hydrogen (secondary N) is 2. The predicted molar refractivity (Wildman–Crippen MR) is 115 cm³/mol. The van der Waals surface area contributed by atoms with Crippen LogP contribution in [-0.4, -0.2) is 18.0 Å². The van der Waals surface area contributed by atoms with Crippen LogP contribution in [0.2, 0.25) is 0 Å². The Morgan fingerprint density at radius 1 is 1.03 bits per heavy atom. The summed E-state index contributed by atoms with van der Waals surface area (Å²) in [6.45, 7) is 6.68. The van der Waals surface area contributed by atoms with E-state index >= 15 is 0 Å². The molecule has 5 nitrogen and oxygen atoms in total. The van der Waals surface area contributed by atoms with Gasteiger partial charge in [0.15, 0.2) is 0 Å². The van der Waals surface area contributed by atoms with Crippen molar-refractivity contribution in [2.45, 2.75) is 46.1 Å². The second-order valence-electron chi connectivity index (χ2n) is 8.51. The smallest absolute Gasteiger partial charge is 0.326 e. The van der Waals surface area contributed by atoms with Gasteiger partial charge in [0.1, 0.15) is 29.1 Å². The van der Waals surface area contributed by atoms with Crippen molar-refractivity contribution in [1.82, 2.24) is 5.32 Å². The number of hydrogen-bond donors (Lipinski definition) is 2. The zero-order valence-corrected chi connectivity index (χ0v) is 18.0. The number of halogens is 2. The van der Waals surface area contributed by atoms with E-state index in [0.717, 1.165) is 31.0 Å². The molecule has 0 saturated heterocycles. The molecule has 1 aliphatic rings. The maximum absolute atomic E-state index is 13.7. The van der Waals surface area contributed by atoms with E-state index < -0.39 is 29.1 Å². The minimum Gasteiger partial charge on any atom is -0.490 e. The van der Waals surface area contributed by atoms with E-state index in [1.54, 1.807) is 24.3 Å². The van der Waals surface area contributed by atoms with E-state index in [0.29, 0.717) is 29.2 Å². The van der Waals surface area contributed by atoms with Crippen molar-refractivity contribution in [3.8, 4) is 5.75 Å². The van der Waals surface area contributed by atoms with Gasteiger partial charge in [-0.1, -0.05) is 33.3 Å². The highest BCUT2D eigenvalue weighted by atomic mass is 19.1. The lowest BCUT2D eigenvalue weighted by Crippen LogP contribution is -2.36. The average molecular weight is 430 g/mol. The number of anilines is 1. The zero-order chi connectivity index (χ0) is 22.5. The number of carbonyl (C=O) groups is 2. The molecule has 1 aliphatic carbocycles. The topological polar surface area (TPSA) is 67.4 Å². The van der Waals surface area contributed by atoms with Crippen molar-refractivity contribution in [1.29, 1.82) is 0 Å². The molecule has 2 aromatic carbocycles. The van der Waals surface area contributed by atoms with Gasteiger partial charge in [-0.3, -0.25) is 10.1 Å². The molecule has 31 heavy (non-hydrogen) atoms. The molecule has 3 unspecified atom stereocenters. The molecule has 0 spiro atoms. The van der Waals surface area contributed by atoms with Gasteiger partial charge in [-0.25, -0.2) is 13.6 Å². The molecule has 3 rings (SSSR count). The molecular weight excluding hydrogens is 402 g/mol. The first kappa shape index (κ1) is 22.7. The molecule has 0 bridgehead atoms. The molecule has 166 valence electrons. The van der Waals surface area contributed by atoms with E-state index in [1.807, 2.05) is 5.32 Å². The third-order valence-electron chi connectivity index (χ3n) is 5.78. The quantitative estimate of drug-likeness (QED) is 0.633. The van der Waals surface area contributed by atoms with Crippen molar-refractivity contribution < 1.29 is 23.1 Å². The average Bonchev–Trinajstić information content (AvgIpc) is 2.69. The molecule has 3 atom stereocenters. The summed E-state index contributed by atoms with van der Waals surface area (Å²) in [4.78, 5) is 24.1. The summed E-state index contributed by atoms with van der Waals surface area (Å²) in [5.41, 5.74) is -0.383. The van der Waals surface area contributed by atoms with Crippen LogP contribution in [0.3, 0.4) is 0 Å². The number of imide groups is 1. The molecule has 7 heteroatoms. The van der Waals surface area contributed by atoms with Crippen molar-refractivity contribution in [3.63, 3.8) is 0 Å². The van der Waals surface area contributed by atoms with Crippen LogP contribution in [0.4, 0.5) is 19.3 Å². The Balaban J connectivity index is 1.59. The second-order valence-corrected chi connectivity index (χ2v) is 8.51. The van der Waals surface area contributed by atoms with E-state index in [2.05, 4.69) is 26.1 Å². The number of amides is 3. The van der Waals surface area contributed by atoms with Crippen LogP contribution in [0.5, 0.6) is 5.75 Å². The van der Waals surface area contributed by atoms with Crippen LogP contribution in [0.25, 0.3) is 0 Å². The van der Waals surface area contributed by atoms with Crippen LogP contribution in [0.15, 0.2) is 42.5 Å². The Morgan fingerprint density at radius 2 is 1.68 bits per heavy atom. The molecule has 0 heterocycles. The normalized spacial score (nSPS) is 20.9. The maximum atomic E-state index is 13.7. The standard InChI is InChI=1S/C24H28F2N2O3/c1-14(2)18-12-7-15(3)13-21(18)31-17-10-8-16(9-11-17)27-24(30)28-23(29)22-19(25)5-4-6-20(22)26/h4-6,8-11,14-15,18,21H,7,12-13H2,1-3H3,(H2,27,28,29,30). The minimum absolute atomic E-state index is 0.152. The van der Waals surface area contributed by atoms with Crippen LogP contribution >= 0.6 is 0 Å². The molecule has 0 radical (unpaired) electrons. The second kappa shape index (κ2) is 9.90. The first-order chi connectivity index (χ1) is 14.7. The van der Waals surface area contributed by atoms with Crippen LogP contribution < -0.4 is 15.4 Å². The summed E-state index contributed by atoms with van der Waals surface area (Å²) >= 11 is 0. The summed E-state index contributed by atoms with van der Waals surface area (Å²) in [6, 6.07) is 8.97. The van der Waals surface area contributed by atoms with Gasteiger partial charge in [0.2, 0.25) is 0 Å². The molecule has 1 saturated carbocycles. The number of hydrogen-bond acceptors (Lipinski definition) is 3. The summed E-state index contributed by atoms with van der Waals surface area (Å²) in [5, 5.41) is 4.40. The number of ether oxygens (including phenoxy) is 1. The number of urea groups is 1. The van der Waals surface area contributed by atoms with Gasteiger partial charge in [0.25, 0.3) is 5.91 Å². The zero-order valence-electron chi connectivity index (χ0n) is 18.0. The van der Waals surface area contributed by atoms with E-state index in [9.17, 15) is 18.4 Å². The number of carbonyl (C=O) groups excluding carboxylic acids is 2. The van der Waals surface area contributed by atoms with Crippen molar-refractivity contribution in [2.24, 2.45) is 17.8 Å². The third kappa shape index (κ3) is 5.81. The van der Waals surface area contributed by atoms with Crippen molar-refractivity contribution >= 4 is 17.6 Å². The molecule has 2 N–H and O–H groups in total. The van der Waals surface area contributed by atoms with E-state index in [1.165, 1.54) is 6.42 Å². The van der Waals surface area contributed by atoms with Gasteiger partial charge >= 0.3 is 6.03 Å². The van der Waals surface area contributed by atoms with E-state index in [-0.39, 0.29) is 6.10 Å². The Kier molecular flexibility index (Phi) is 7.25. The lowest BCUT2D eigenvalue weighted by atomic mass is 9.75. The monoisotopic (exact) mass is 430 g/mol. The van der Waals surface area contributed by atoms with E-state index in [4.69, 9.17) is 4.74 Å². The van der Waals surface area contributed by atoms with Gasteiger partial charge in [-0.05, 0) is 67.0 Å². The minimum atomic E-state index is -1.15. The van der Waals surface area contributed by atoms with Crippen LogP contribution in [0.1, 0.15) is 50.4 Å². The first-order valence-electron chi connectivity index (χ1n) is 10.6. The molecule has 1 fully saturated rings. The van der Waals surface area contributed by atoms with Crippen molar-refractivity contribution in [3.05, 3.63) is 59.7 Å². The van der Waals surface area contributed by atoms with Gasteiger partial charge < -0.3 is 10.1 Å². The fraction of sp³-hybridized carbons (Fsp3) is 0.417. The van der Waals surface area contributed by atoms with Crippen LogP contribution in [0, 0.1) is 29.4 Å².